The molecule has 0 saturated heterocycles. The van der Waals surface area contributed by atoms with E-state index >= 15 is 0 Å². The molecule has 194 valence electrons. The quantitative estimate of drug-likeness (QED) is 0.239. The molecule has 2 aromatic rings. The normalized spacial score (nSPS) is 20.5. The fraction of sp³-hybridized carbons (Fsp3) is 0.613. The van der Waals surface area contributed by atoms with Gasteiger partial charge in [0.15, 0.2) is 0 Å². The van der Waals surface area contributed by atoms with Gasteiger partial charge in [0.1, 0.15) is 11.5 Å². The number of hydrogen-bond acceptors (Lipinski definition) is 3. The number of phenols is 2. The van der Waals surface area contributed by atoms with E-state index in [1.54, 1.807) is 12.1 Å². The Morgan fingerprint density at radius 1 is 0.857 bits per heavy atom. The highest BCUT2D eigenvalue weighted by Crippen LogP contribution is 2.52. The highest BCUT2D eigenvalue weighted by molar-refractivity contribution is 7.99. The third kappa shape index (κ3) is 8.17. The van der Waals surface area contributed by atoms with Crippen LogP contribution in [0.2, 0.25) is 0 Å². The molecule has 1 aliphatic rings. The first-order valence-electron chi connectivity index (χ1n) is 13.7. The van der Waals surface area contributed by atoms with Gasteiger partial charge in [-0.1, -0.05) is 96.3 Å². The van der Waals surface area contributed by atoms with E-state index in [4.69, 9.17) is 0 Å². The summed E-state index contributed by atoms with van der Waals surface area (Å²) in [6, 6.07) is 13.6. The lowest BCUT2D eigenvalue weighted by Gasteiger charge is -2.43. The van der Waals surface area contributed by atoms with Gasteiger partial charge in [0, 0.05) is 16.1 Å². The zero-order chi connectivity index (χ0) is 25.1. The topological polar surface area (TPSA) is 40.5 Å². The second kappa shape index (κ2) is 14.2. The molecule has 0 spiro atoms. The number of rotatable bonds is 15. The van der Waals surface area contributed by atoms with Crippen LogP contribution in [-0.4, -0.2) is 22.6 Å². The van der Waals surface area contributed by atoms with Crippen molar-refractivity contribution in [1.29, 1.82) is 0 Å². The minimum Gasteiger partial charge on any atom is -0.508 e. The minimum atomic E-state index is -0.166. The number of hydrogen-bond donors (Lipinski definition) is 2. The van der Waals surface area contributed by atoms with E-state index in [1.807, 2.05) is 23.9 Å². The molecule has 3 rings (SSSR count). The predicted molar refractivity (Wildman–Crippen MR) is 148 cm³/mol. The Morgan fingerprint density at radius 3 is 2.14 bits per heavy atom. The number of phenolic OH excluding ortho intramolecular Hbond substituents is 2. The first-order valence-corrected chi connectivity index (χ1v) is 14.7. The summed E-state index contributed by atoms with van der Waals surface area (Å²) >= 11 is 1.84. The maximum Gasteiger partial charge on any atom is 0.116 e. The fourth-order valence-electron chi connectivity index (χ4n) is 5.66. The van der Waals surface area contributed by atoms with Crippen LogP contribution in [0.25, 0.3) is 0 Å². The standard InChI is InChI=1S/C31H45FO2S/c1-24(13-9-7-11-21-32)12-8-5-3-4-6-10-14-29-28-20-19-27(34)22-30(28)35-23-31(29,2)25-15-17-26(33)18-16-25/h15-20,22,24,29,33-34H,3-14,21,23H2,1-2H3/t24?,29?,31-/m1/s1. The van der Waals surface area contributed by atoms with Gasteiger partial charge in [-0.25, -0.2) is 0 Å². The molecule has 2 aromatic carbocycles. The van der Waals surface area contributed by atoms with Crippen LogP contribution in [0.3, 0.4) is 0 Å². The maximum atomic E-state index is 12.2. The lowest BCUT2D eigenvalue weighted by atomic mass is 9.68. The van der Waals surface area contributed by atoms with Crippen molar-refractivity contribution in [3.8, 4) is 11.5 Å². The molecule has 0 aliphatic carbocycles. The first kappa shape index (κ1) is 27.9. The lowest BCUT2D eigenvalue weighted by molar-refractivity contribution is 0.370. The second-order valence-corrected chi connectivity index (χ2v) is 11.9. The lowest BCUT2D eigenvalue weighted by Crippen LogP contribution is -2.36. The average molecular weight is 501 g/mol. The summed E-state index contributed by atoms with van der Waals surface area (Å²) in [6.45, 7) is 4.55. The fourth-order valence-corrected chi connectivity index (χ4v) is 7.07. The molecule has 2 nitrogen and oxygen atoms in total. The Balaban J connectivity index is 1.47. The van der Waals surface area contributed by atoms with E-state index in [2.05, 4.69) is 32.0 Å². The number of aromatic hydroxyl groups is 2. The smallest absolute Gasteiger partial charge is 0.116 e. The SMILES string of the molecule is CC(CCCCCF)CCCCCCCCC1c2ccc(O)cc2SC[C@]1(C)c1ccc(O)cc1. The van der Waals surface area contributed by atoms with E-state index < -0.39 is 0 Å². The molecule has 2 N–H and O–H groups in total. The largest absolute Gasteiger partial charge is 0.508 e. The number of alkyl halides is 1. The highest BCUT2D eigenvalue weighted by atomic mass is 32.2. The van der Waals surface area contributed by atoms with Crippen molar-refractivity contribution in [2.75, 3.05) is 12.4 Å². The molecule has 1 heterocycles. The third-order valence-electron chi connectivity index (χ3n) is 7.97. The molecule has 2 unspecified atom stereocenters. The molecule has 4 heteroatoms. The Morgan fingerprint density at radius 2 is 1.46 bits per heavy atom. The second-order valence-electron chi connectivity index (χ2n) is 10.9. The Kier molecular flexibility index (Phi) is 11.3. The van der Waals surface area contributed by atoms with Crippen LogP contribution in [0.15, 0.2) is 47.4 Å². The van der Waals surface area contributed by atoms with Gasteiger partial charge in [0.2, 0.25) is 0 Å². The number of halogens is 1. The van der Waals surface area contributed by atoms with Gasteiger partial charge in [-0.15, -0.1) is 11.8 Å². The summed E-state index contributed by atoms with van der Waals surface area (Å²) in [7, 11) is 0. The Bertz CT molecular complexity index is 884. The third-order valence-corrected chi connectivity index (χ3v) is 9.37. The van der Waals surface area contributed by atoms with Crippen molar-refractivity contribution in [3.63, 3.8) is 0 Å². The van der Waals surface area contributed by atoms with E-state index in [1.165, 1.54) is 73.8 Å². The van der Waals surface area contributed by atoms with Gasteiger partial charge in [-0.2, -0.15) is 0 Å². The van der Waals surface area contributed by atoms with Gasteiger partial charge in [-0.05, 0) is 60.1 Å². The summed E-state index contributed by atoms with van der Waals surface area (Å²) in [5, 5.41) is 19.8. The Hall–Kier alpha value is -1.68. The number of thioether (sulfide) groups is 1. The van der Waals surface area contributed by atoms with Crippen molar-refractivity contribution < 1.29 is 14.6 Å². The molecular formula is C31H45FO2S. The Labute approximate surface area is 216 Å². The molecule has 0 saturated carbocycles. The molecule has 0 fully saturated rings. The average Bonchev–Trinajstić information content (AvgIpc) is 2.85. The summed E-state index contributed by atoms with van der Waals surface area (Å²) in [5.41, 5.74) is 2.64. The van der Waals surface area contributed by atoms with E-state index in [0.29, 0.717) is 17.4 Å². The van der Waals surface area contributed by atoms with Crippen LogP contribution in [0.1, 0.15) is 108 Å². The number of fused-ring (bicyclic) bond motifs is 1. The summed E-state index contributed by atoms with van der Waals surface area (Å²) < 4.78 is 12.2. The van der Waals surface area contributed by atoms with Crippen molar-refractivity contribution in [1.82, 2.24) is 0 Å². The van der Waals surface area contributed by atoms with E-state index in [9.17, 15) is 14.6 Å². The zero-order valence-electron chi connectivity index (χ0n) is 21.8. The number of benzene rings is 2. The molecule has 0 radical (unpaired) electrons. The minimum absolute atomic E-state index is 0.00266. The first-order chi connectivity index (χ1) is 16.9. The molecule has 0 amide bonds. The van der Waals surface area contributed by atoms with Crippen molar-refractivity contribution in [2.24, 2.45) is 5.92 Å². The van der Waals surface area contributed by atoms with Crippen LogP contribution >= 0.6 is 11.8 Å². The van der Waals surface area contributed by atoms with Crippen LogP contribution in [0.5, 0.6) is 11.5 Å². The van der Waals surface area contributed by atoms with Gasteiger partial charge in [0.05, 0.1) is 6.67 Å². The molecule has 0 aromatic heterocycles. The molecule has 1 aliphatic heterocycles. The molecule has 3 atom stereocenters. The van der Waals surface area contributed by atoms with E-state index in [0.717, 1.165) is 30.9 Å². The van der Waals surface area contributed by atoms with Crippen molar-refractivity contribution in [2.45, 2.75) is 107 Å². The van der Waals surface area contributed by atoms with Crippen molar-refractivity contribution >= 4 is 11.8 Å². The summed E-state index contributed by atoms with van der Waals surface area (Å²) in [5.74, 6) is 2.81. The number of unbranched alkanes of at least 4 members (excludes halogenated alkanes) is 7. The molecular weight excluding hydrogens is 455 g/mol. The summed E-state index contributed by atoms with van der Waals surface area (Å²) in [4.78, 5) is 1.21. The van der Waals surface area contributed by atoms with Crippen molar-refractivity contribution in [3.05, 3.63) is 53.6 Å². The van der Waals surface area contributed by atoms with Gasteiger partial charge < -0.3 is 10.2 Å². The molecule has 35 heavy (non-hydrogen) atoms. The van der Waals surface area contributed by atoms with Gasteiger partial charge >= 0.3 is 0 Å². The van der Waals surface area contributed by atoms with Crippen LogP contribution in [-0.2, 0) is 5.41 Å². The zero-order valence-corrected chi connectivity index (χ0v) is 22.6. The maximum absolute atomic E-state index is 12.2. The van der Waals surface area contributed by atoms with E-state index in [-0.39, 0.29) is 12.1 Å². The van der Waals surface area contributed by atoms with Crippen LogP contribution in [0.4, 0.5) is 4.39 Å². The van der Waals surface area contributed by atoms with Gasteiger partial charge in [0.25, 0.3) is 0 Å². The highest BCUT2D eigenvalue weighted by Gasteiger charge is 2.41. The van der Waals surface area contributed by atoms with Crippen LogP contribution < -0.4 is 0 Å². The molecule has 0 bridgehead atoms. The summed E-state index contributed by atoms with van der Waals surface area (Å²) in [6.07, 6.45) is 14.4. The predicted octanol–water partition coefficient (Wildman–Crippen LogP) is 9.53. The van der Waals surface area contributed by atoms with Gasteiger partial charge in [-0.3, -0.25) is 4.39 Å². The monoisotopic (exact) mass is 500 g/mol. The van der Waals surface area contributed by atoms with Crippen LogP contribution in [0, 0.1) is 5.92 Å².